The van der Waals surface area contributed by atoms with Crippen LogP contribution in [0.3, 0.4) is 0 Å². The zero-order valence-corrected chi connectivity index (χ0v) is 15.8. The van der Waals surface area contributed by atoms with E-state index in [-0.39, 0.29) is 0 Å². The van der Waals surface area contributed by atoms with Crippen molar-refractivity contribution in [3.05, 3.63) is 0 Å². The van der Waals surface area contributed by atoms with E-state index in [0.717, 1.165) is 12.0 Å². The summed E-state index contributed by atoms with van der Waals surface area (Å²) in [7, 11) is 0. The fourth-order valence-electron chi connectivity index (χ4n) is 5.35. The normalized spacial score (nSPS) is 27.7. The van der Waals surface area contributed by atoms with Crippen molar-refractivity contribution < 1.29 is 0 Å². The van der Waals surface area contributed by atoms with Crippen LogP contribution in [0.2, 0.25) is 0 Å². The minimum absolute atomic E-state index is 0.459. The van der Waals surface area contributed by atoms with Crippen molar-refractivity contribution in [3.63, 3.8) is 0 Å². The summed E-state index contributed by atoms with van der Waals surface area (Å²) in [6.45, 7) is 19.6. The lowest BCUT2D eigenvalue weighted by atomic mass is 9.66. The van der Waals surface area contributed by atoms with Crippen molar-refractivity contribution in [1.29, 1.82) is 0 Å². The summed E-state index contributed by atoms with van der Waals surface area (Å²) < 4.78 is 0. The Balaban J connectivity index is 1.95. The summed E-state index contributed by atoms with van der Waals surface area (Å²) in [6.07, 6.45) is 8.74. The minimum Gasteiger partial charge on any atom is -0.301 e. The highest BCUT2D eigenvalue weighted by Gasteiger charge is 2.46. The van der Waals surface area contributed by atoms with Gasteiger partial charge in [-0.25, -0.2) is 0 Å². The Labute approximate surface area is 133 Å². The molecule has 1 aliphatic heterocycles. The van der Waals surface area contributed by atoms with Gasteiger partial charge in [-0.05, 0) is 87.6 Å². The predicted molar refractivity (Wildman–Crippen MR) is 93.6 cm³/mol. The lowest BCUT2D eigenvalue weighted by molar-refractivity contribution is 0.0681. The van der Waals surface area contributed by atoms with E-state index in [1.54, 1.807) is 0 Å². The average Bonchev–Trinajstić information content (AvgIpc) is 2.71. The summed E-state index contributed by atoms with van der Waals surface area (Å²) in [5.41, 5.74) is 1.67. The molecule has 0 N–H and O–H groups in total. The third-order valence-corrected chi connectivity index (χ3v) is 6.38. The Bertz CT molecular complexity index is 339. The summed E-state index contributed by atoms with van der Waals surface area (Å²) in [5.74, 6) is 0.947. The molecule has 2 fully saturated rings. The maximum atomic E-state index is 2.68. The van der Waals surface area contributed by atoms with Crippen LogP contribution in [-0.2, 0) is 0 Å². The molecule has 1 saturated carbocycles. The molecule has 1 spiro atoms. The van der Waals surface area contributed by atoms with Crippen LogP contribution in [0.5, 0.6) is 0 Å². The largest absolute Gasteiger partial charge is 0.301 e. The molecular formula is C20H39N. The first-order valence-electron chi connectivity index (χ1n) is 9.27. The zero-order chi connectivity index (χ0) is 15.9. The Hall–Kier alpha value is -0.0400. The van der Waals surface area contributed by atoms with Gasteiger partial charge in [-0.15, -0.1) is 0 Å². The predicted octanol–water partition coefficient (Wildman–Crippen LogP) is 5.74. The second kappa shape index (κ2) is 5.87. The van der Waals surface area contributed by atoms with Gasteiger partial charge in [0.25, 0.3) is 0 Å². The quantitative estimate of drug-likeness (QED) is 0.641. The van der Waals surface area contributed by atoms with Crippen LogP contribution >= 0.6 is 0 Å². The van der Waals surface area contributed by atoms with Gasteiger partial charge in [0, 0.05) is 6.04 Å². The van der Waals surface area contributed by atoms with E-state index in [0.29, 0.717) is 16.2 Å². The van der Waals surface area contributed by atoms with E-state index >= 15 is 0 Å². The van der Waals surface area contributed by atoms with Gasteiger partial charge in [-0.3, -0.25) is 0 Å². The first kappa shape index (κ1) is 17.3. The monoisotopic (exact) mass is 293 g/mol. The average molecular weight is 294 g/mol. The number of likely N-dealkylation sites (tertiary alicyclic amines) is 1. The first-order valence-corrected chi connectivity index (χ1v) is 9.27. The van der Waals surface area contributed by atoms with Crippen molar-refractivity contribution in [3.8, 4) is 0 Å². The molecule has 1 atom stereocenters. The molecule has 1 nitrogen and oxygen atoms in total. The maximum absolute atomic E-state index is 2.68. The molecule has 2 aliphatic rings. The summed E-state index contributed by atoms with van der Waals surface area (Å²) >= 11 is 0. The lowest BCUT2D eigenvalue weighted by Gasteiger charge is -2.43. The van der Waals surface area contributed by atoms with Crippen LogP contribution in [0.15, 0.2) is 0 Å². The Morgan fingerprint density at radius 3 is 2.05 bits per heavy atom. The Morgan fingerprint density at radius 2 is 1.57 bits per heavy atom. The third-order valence-electron chi connectivity index (χ3n) is 6.38. The molecule has 2 rings (SSSR count). The van der Waals surface area contributed by atoms with Crippen molar-refractivity contribution in [2.45, 2.75) is 93.0 Å². The molecule has 21 heavy (non-hydrogen) atoms. The minimum atomic E-state index is 0.459. The van der Waals surface area contributed by atoms with E-state index in [1.807, 2.05) is 0 Å². The van der Waals surface area contributed by atoms with Crippen LogP contribution in [0.1, 0.15) is 87.0 Å². The van der Waals surface area contributed by atoms with Crippen LogP contribution < -0.4 is 0 Å². The number of hydrogen-bond donors (Lipinski definition) is 0. The Kier molecular flexibility index (Phi) is 4.84. The van der Waals surface area contributed by atoms with Crippen molar-refractivity contribution in [2.75, 3.05) is 13.1 Å². The highest BCUT2D eigenvalue weighted by molar-refractivity contribution is 4.98. The van der Waals surface area contributed by atoms with Crippen molar-refractivity contribution in [2.24, 2.45) is 22.2 Å². The molecular weight excluding hydrogens is 254 g/mol. The number of nitrogens with zero attached hydrogens (tertiary/aromatic N) is 1. The fraction of sp³-hybridized carbons (Fsp3) is 1.00. The lowest BCUT2D eigenvalue weighted by Crippen LogP contribution is -2.42. The highest BCUT2D eigenvalue weighted by Crippen LogP contribution is 2.56. The van der Waals surface area contributed by atoms with Gasteiger partial charge in [0.2, 0.25) is 0 Å². The second-order valence-electron chi connectivity index (χ2n) is 10.3. The molecule has 1 saturated heterocycles. The number of hydrogen-bond acceptors (Lipinski definition) is 1. The molecule has 1 unspecified atom stereocenters. The van der Waals surface area contributed by atoms with E-state index < -0.39 is 0 Å². The zero-order valence-electron chi connectivity index (χ0n) is 15.8. The van der Waals surface area contributed by atoms with Gasteiger partial charge in [0.05, 0.1) is 0 Å². The highest BCUT2D eigenvalue weighted by atomic mass is 15.2. The topological polar surface area (TPSA) is 3.24 Å². The van der Waals surface area contributed by atoms with Crippen LogP contribution in [0, 0.1) is 22.2 Å². The molecule has 124 valence electrons. The van der Waals surface area contributed by atoms with E-state index in [9.17, 15) is 0 Å². The van der Waals surface area contributed by atoms with E-state index in [4.69, 9.17) is 0 Å². The van der Waals surface area contributed by atoms with Gasteiger partial charge in [0.15, 0.2) is 0 Å². The van der Waals surface area contributed by atoms with Gasteiger partial charge >= 0.3 is 0 Å². The molecule has 1 aliphatic carbocycles. The second-order valence-corrected chi connectivity index (χ2v) is 10.3. The van der Waals surface area contributed by atoms with Crippen molar-refractivity contribution >= 4 is 0 Å². The van der Waals surface area contributed by atoms with Gasteiger partial charge in [-0.2, -0.15) is 0 Å². The summed E-state index contributed by atoms with van der Waals surface area (Å²) in [4.78, 5) is 2.68. The molecule has 0 bridgehead atoms. The number of rotatable bonds is 3. The molecule has 0 radical (unpaired) electrons. The fourth-order valence-corrected chi connectivity index (χ4v) is 5.35. The van der Waals surface area contributed by atoms with Gasteiger partial charge in [-0.1, -0.05) is 34.6 Å². The standard InChI is InChI=1S/C20H39N/c1-16(2)21-12-10-20(11-13-21)9-8-17(14-20)19(6,7)15-18(3,4)5/h16-17H,8-15H2,1-7H3. The van der Waals surface area contributed by atoms with E-state index in [1.165, 1.54) is 51.6 Å². The molecule has 0 aromatic rings. The van der Waals surface area contributed by atoms with Crippen LogP contribution in [0.25, 0.3) is 0 Å². The molecule has 0 aromatic carbocycles. The third kappa shape index (κ3) is 4.24. The van der Waals surface area contributed by atoms with Crippen LogP contribution in [-0.4, -0.2) is 24.0 Å². The van der Waals surface area contributed by atoms with Gasteiger partial charge < -0.3 is 4.90 Å². The Morgan fingerprint density at radius 1 is 1.00 bits per heavy atom. The van der Waals surface area contributed by atoms with Gasteiger partial charge in [0.1, 0.15) is 0 Å². The maximum Gasteiger partial charge on any atom is 0.00385 e. The number of piperidine rings is 1. The van der Waals surface area contributed by atoms with E-state index in [2.05, 4.69) is 53.4 Å². The molecule has 1 heteroatoms. The van der Waals surface area contributed by atoms with Crippen molar-refractivity contribution in [1.82, 2.24) is 4.90 Å². The SMILES string of the molecule is CC(C)N1CCC2(CCC(C(C)(C)CC(C)(C)C)C2)CC1. The molecule has 0 amide bonds. The van der Waals surface area contributed by atoms with Crippen LogP contribution in [0.4, 0.5) is 0 Å². The summed E-state index contributed by atoms with van der Waals surface area (Å²) in [5, 5.41) is 0. The molecule has 0 aromatic heterocycles. The smallest absolute Gasteiger partial charge is 0.00385 e. The summed E-state index contributed by atoms with van der Waals surface area (Å²) in [6, 6.07) is 0.733. The molecule has 1 heterocycles. The first-order chi connectivity index (χ1) is 9.53.